The summed E-state index contributed by atoms with van der Waals surface area (Å²) in [5.74, 6) is 0. The number of rotatable bonds is 4. The van der Waals surface area contributed by atoms with Crippen LogP contribution in [0.25, 0.3) is 0 Å². The van der Waals surface area contributed by atoms with Gasteiger partial charge in [0.1, 0.15) is 0 Å². The first-order valence-electron chi connectivity index (χ1n) is 9.50. The molecule has 0 radical (unpaired) electrons. The van der Waals surface area contributed by atoms with Crippen molar-refractivity contribution in [2.24, 2.45) is 0 Å². The van der Waals surface area contributed by atoms with E-state index < -0.39 is 10.0 Å². The molecule has 0 saturated carbocycles. The summed E-state index contributed by atoms with van der Waals surface area (Å²) in [5, 5.41) is 4.28. The van der Waals surface area contributed by atoms with E-state index in [-0.39, 0.29) is 16.4 Å². The Morgan fingerprint density at radius 1 is 1.00 bits per heavy atom. The maximum absolute atomic E-state index is 12.9. The predicted molar refractivity (Wildman–Crippen MR) is 119 cm³/mol. The molecule has 0 amide bonds. The van der Waals surface area contributed by atoms with Gasteiger partial charge in [-0.3, -0.25) is 4.72 Å². The SMILES string of the molecule is CC1(C)CC(c2ccccc2NS(=O)(=O)c2ccccc2)Nc2ccc(Cl)cc21. The Morgan fingerprint density at radius 3 is 2.45 bits per heavy atom. The quantitative estimate of drug-likeness (QED) is 0.539. The standard InChI is InChI=1S/C23H23ClN2O2S/c1-23(2)15-22(25-21-13-12-16(24)14-19(21)23)18-10-6-7-11-20(18)26-29(27,28)17-8-4-3-5-9-17/h3-14,22,25-26H,15H2,1-2H3. The van der Waals surface area contributed by atoms with Crippen molar-refractivity contribution >= 4 is 33.0 Å². The van der Waals surface area contributed by atoms with E-state index >= 15 is 0 Å². The van der Waals surface area contributed by atoms with Crippen LogP contribution >= 0.6 is 11.6 Å². The molecule has 3 aromatic carbocycles. The van der Waals surface area contributed by atoms with Crippen molar-refractivity contribution in [2.45, 2.75) is 36.6 Å². The molecule has 1 aliphatic heterocycles. The minimum atomic E-state index is -3.66. The molecule has 1 unspecified atom stereocenters. The maximum Gasteiger partial charge on any atom is 0.261 e. The van der Waals surface area contributed by atoms with Gasteiger partial charge in [-0.15, -0.1) is 0 Å². The van der Waals surface area contributed by atoms with Gasteiger partial charge in [0, 0.05) is 10.7 Å². The van der Waals surface area contributed by atoms with Gasteiger partial charge in [-0.25, -0.2) is 8.42 Å². The van der Waals surface area contributed by atoms with E-state index in [1.807, 2.05) is 42.5 Å². The summed E-state index contributed by atoms with van der Waals surface area (Å²) in [4.78, 5) is 0.242. The molecule has 3 aromatic rings. The number of halogens is 1. The molecule has 6 heteroatoms. The Bertz CT molecular complexity index is 1140. The number of anilines is 2. The largest absolute Gasteiger partial charge is 0.378 e. The molecule has 0 saturated heterocycles. The monoisotopic (exact) mass is 426 g/mol. The van der Waals surface area contributed by atoms with Crippen molar-refractivity contribution in [1.29, 1.82) is 0 Å². The third kappa shape index (κ3) is 3.98. The Balaban J connectivity index is 1.70. The number of nitrogens with one attached hydrogen (secondary N) is 2. The molecule has 0 fully saturated rings. The summed E-state index contributed by atoms with van der Waals surface area (Å²) in [6.07, 6.45) is 0.810. The van der Waals surface area contributed by atoms with Crippen molar-refractivity contribution in [1.82, 2.24) is 0 Å². The van der Waals surface area contributed by atoms with E-state index in [1.54, 1.807) is 30.3 Å². The molecule has 4 rings (SSSR count). The molecule has 0 aromatic heterocycles. The topological polar surface area (TPSA) is 58.2 Å². The fourth-order valence-corrected chi connectivity index (χ4v) is 5.23. The molecular weight excluding hydrogens is 404 g/mol. The van der Waals surface area contributed by atoms with E-state index in [9.17, 15) is 8.42 Å². The third-order valence-electron chi connectivity index (χ3n) is 5.39. The van der Waals surface area contributed by atoms with Gasteiger partial charge in [0.25, 0.3) is 10.0 Å². The van der Waals surface area contributed by atoms with Gasteiger partial charge in [-0.2, -0.15) is 0 Å². The Labute approximate surface area is 177 Å². The van der Waals surface area contributed by atoms with Crippen LogP contribution in [0.5, 0.6) is 0 Å². The Hall–Kier alpha value is -2.50. The zero-order chi connectivity index (χ0) is 20.6. The first kappa shape index (κ1) is 19.8. The number of hydrogen-bond acceptors (Lipinski definition) is 3. The van der Waals surface area contributed by atoms with Gasteiger partial charge < -0.3 is 5.32 Å². The van der Waals surface area contributed by atoms with Crippen molar-refractivity contribution in [3.8, 4) is 0 Å². The summed E-state index contributed by atoms with van der Waals surface area (Å²) in [6.45, 7) is 4.37. The maximum atomic E-state index is 12.9. The number of para-hydroxylation sites is 1. The van der Waals surface area contributed by atoms with Crippen LogP contribution in [0, 0.1) is 0 Å². The van der Waals surface area contributed by atoms with Gasteiger partial charge >= 0.3 is 0 Å². The Kier molecular flexibility index (Phi) is 5.05. The first-order valence-corrected chi connectivity index (χ1v) is 11.4. The smallest absolute Gasteiger partial charge is 0.261 e. The lowest BCUT2D eigenvalue weighted by molar-refractivity contribution is 0.428. The van der Waals surface area contributed by atoms with E-state index in [2.05, 4.69) is 23.9 Å². The van der Waals surface area contributed by atoms with Crippen LogP contribution < -0.4 is 10.0 Å². The lowest BCUT2D eigenvalue weighted by Gasteiger charge is -2.39. The molecule has 2 N–H and O–H groups in total. The van der Waals surface area contributed by atoms with Crippen LogP contribution in [-0.4, -0.2) is 8.42 Å². The van der Waals surface area contributed by atoms with Gasteiger partial charge in [0.2, 0.25) is 0 Å². The van der Waals surface area contributed by atoms with Gasteiger partial charge in [0.15, 0.2) is 0 Å². The lowest BCUT2D eigenvalue weighted by atomic mass is 9.74. The highest BCUT2D eigenvalue weighted by atomic mass is 35.5. The van der Waals surface area contributed by atoms with Gasteiger partial charge in [-0.1, -0.05) is 61.8 Å². The summed E-state index contributed by atoms with van der Waals surface area (Å²) in [6, 6.07) is 21.8. The van der Waals surface area contributed by atoms with Crippen molar-refractivity contribution in [2.75, 3.05) is 10.0 Å². The molecule has 1 heterocycles. The first-order chi connectivity index (χ1) is 13.8. The zero-order valence-electron chi connectivity index (χ0n) is 16.3. The number of sulfonamides is 1. The van der Waals surface area contributed by atoms with Crippen LogP contribution in [0.2, 0.25) is 5.02 Å². The van der Waals surface area contributed by atoms with Crippen LogP contribution in [0.15, 0.2) is 77.7 Å². The average Bonchev–Trinajstić information content (AvgIpc) is 2.69. The molecule has 0 bridgehead atoms. The second-order valence-electron chi connectivity index (χ2n) is 7.98. The zero-order valence-corrected chi connectivity index (χ0v) is 17.9. The summed E-state index contributed by atoms with van der Waals surface area (Å²) in [5.41, 5.74) is 3.59. The summed E-state index contributed by atoms with van der Waals surface area (Å²) < 4.78 is 28.5. The highest BCUT2D eigenvalue weighted by Gasteiger charge is 2.34. The third-order valence-corrected chi connectivity index (χ3v) is 7.01. The van der Waals surface area contributed by atoms with E-state index in [4.69, 9.17) is 11.6 Å². The van der Waals surface area contributed by atoms with Crippen molar-refractivity contribution < 1.29 is 8.42 Å². The van der Waals surface area contributed by atoms with E-state index in [1.165, 1.54) is 5.56 Å². The molecule has 0 spiro atoms. The highest BCUT2D eigenvalue weighted by Crippen LogP contribution is 2.46. The number of benzene rings is 3. The van der Waals surface area contributed by atoms with Gasteiger partial charge in [0.05, 0.1) is 16.6 Å². The molecule has 1 aliphatic rings. The predicted octanol–water partition coefficient (Wildman–Crippen LogP) is 5.98. The van der Waals surface area contributed by atoms with E-state index in [0.717, 1.165) is 17.7 Å². The molecule has 1 atom stereocenters. The fraction of sp³-hybridized carbons (Fsp3) is 0.217. The second-order valence-corrected chi connectivity index (χ2v) is 10.1. The van der Waals surface area contributed by atoms with Crippen molar-refractivity contribution in [3.63, 3.8) is 0 Å². The molecular formula is C23H23ClN2O2S. The molecule has 150 valence electrons. The van der Waals surface area contributed by atoms with Crippen LogP contribution in [0.3, 0.4) is 0 Å². The Morgan fingerprint density at radius 2 is 1.69 bits per heavy atom. The minimum Gasteiger partial charge on any atom is -0.378 e. The highest BCUT2D eigenvalue weighted by molar-refractivity contribution is 7.92. The van der Waals surface area contributed by atoms with Crippen LogP contribution in [0.1, 0.15) is 37.4 Å². The number of hydrogen-bond donors (Lipinski definition) is 2. The van der Waals surface area contributed by atoms with E-state index in [0.29, 0.717) is 10.7 Å². The molecule has 0 aliphatic carbocycles. The summed E-state index contributed by atoms with van der Waals surface area (Å²) >= 11 is 6.21. The van der Waals surface area contributed by atoms with Crippen LogP contribution in [-0.2, 0) is 15.4 Å². The van der Waals surface area contributed by atoms with Gasteiger partial charge in [-0.05, 0) is 59.4 Å². The second kappa shape index (κ2) is 7.39. The fourth-order valence-electron chi connectivity index (χ4n) is 3.95. The minimum absolute atomic E-state index is 0.0339. The summed E-state index contributed by atoms with van der Waals surface area (Å²) in [7, 11) is -3.66. The van der Waals surface area contributed by atoms with Crippen molar-refractivity contribution in [3.05, 3.63) is 88.9 Å². The normalized spacial score (nSPS) is 17.8. The lowest BCUT2D eigenvalue weighted by Crippen LogP contribution is -2.31. The van der Waals surface area contributed by atoms with Crippen LogP contribution in [0.4, 0.5) is 11.4 Å². The molecule has 4 nitrogen and oxygen atoms in total. The number of fused-ring (bicyclic) bond motifs is 1. The average molecular weight is 427 g/mol. The molecule has 29 heavy (non-hydrogen) atoms.